The number of aryl methyl sites for hydroxylation is 1. The minimum Gasteiger partial charge on any atom is -0.492 e. The van der Waals surface area contributed by atoms with E-state index >= 15 is 0 Å². The molecule has 15 heteroatoms. The lowest BCUT2D eigenvalue weighted by atomic mass is 9.87. The first-order valence-corrected chi connectivity index (χ1v) is 14.5. The van der Waals surface area contributed by atoms with E-state index in [1.165, 1.54) is 0 Å². The largest absolute Gasteiger partial charge is 0.492 e. The number of amides is 3. The fraction of sp³-hybridized carbons (Fsp3) is 0.500. The van der Waals surface area contributed by atoms with Crippen LogP contribution in [0.3, 0.4) is 0 Å². The van der Waals surface area contributed by atoms with Gasteiger partial charge in [-0.15, -0.1) is 0 Å². The van der Waals surface area contributed by atoms with Crippen LogP contribution in [-0.2, 0) is 22.4 Å². The summed E-state index contributed by atoms with van der Waals surface area (Å²) in [5, 5.41) is 12.6. The number of rotatable bonds is 11. The van der Waals surface area contributed by atoms with E-state index in [9.17, 15) is 41.0 Å². The van der Waals surface area contributed by atoms with Crippen LogP contribution in [0.4, 0.5) is 31.1 Å². The van der Waals surface area contributed by atoms with Gasteiger partial charge in [0.05, 0.1) is 10.2 Å². The molecular weight excluding hydrogens is 701 g/mol. The number of fused-ring (bicyclic) bond motifs is 1. The number of benzene rings is 2. The molecule has 3 amide bonds. The van der Waals surface area contributed by atoms with Crippen molar-refractivity contribution >= 4 is 34.5 Å². The van der Waals surface area contributed by atoms with Crippen LogP contribution in [0.1, 0.15) is 56.2 Å². The summed E-state index contributed by atoms with van der Waals surface area (Å²) < 4.78 is 97.2. The third-order valence-electron chi connectivity index (χ3n) is 7.47. The molecule has 2 N–H and O–H groups in total. The molecule has 2 aromatic carbocycles. The lowest BCUT2D eigenvalue weighted by molar-refractivity contribution is -0.376. The zero-order valence-corrected chi connectivity index (χ0v) is 25.3. The molecule has 1 unspecified atom stereocenters. The second-order valence-electron chi connectivity index (χ2n) is 10.2. The SMILES string of the molecule is CCCc1cc(C(O)(C(F)(F)F)C(F)(F)F)cc(I)c1OCCCCN1C(=O)NC(CC)(c2ccc3c(c2)OCO3)C1=O. The summed E-state index contributed by atoms with van der Waals surface area (Å²) in [5.41, 5.74) is -7.03. The highest BCUT2D eigenvalue weighted by Gasteiger charge is 2.71. The van der Waals surface area contributed by atoms with Gasteiger partial charge in [-0.25, -0.2) is 4.79 Å². The number of hydrogen-bond donors (Lipinski definition) is 2. The predicted octanol–water partition coefficient (Wildman–Crippen LogP) is 6.30. The molecule has 2 heterocycles. The third-order valence-corrected chi connectivity index (χ3v) is 8.27. The predicted molar refractivity (Wildman–Crippen MR) is 149 cm³/mol. The number of imide groups is 1. The van der Waals surface area contributed by atoms with Crippen molar-refractivity contribution in [3.63, 3.8) is 0 Å². The van der Waals surface area contributed by atoms with Crippen LogP contribution < -0.4 is 19.5 Å². The van der Waals surface area contributed by atoms with Gasteiger partial charge in [0, 0.05) is 12.1 Å². The number of carbonyl (C=O) groups is 2. The fourth-order valence-electron chi connectivity index (χ4n) is 5.14. The Morgan fingerprint density at radius 1 is 1.02 bits per heavy atom. The zero-order chi connectivity index (χ0) is 31.8. The van der Waals surface area contributed by atoms with Crippen LogP contribution in [0.15, 0.2) is 30.3 Å². The number of urea groups is 1. The highest BCUT2D eigenvalue weighted by molar-refractivity contribution is 14.1. The number of alkyl halides is 6. The summed E-state index contributed by atoms with van der Waals surface area (Å²) in [6.45, 7) is 3.59. The standard InChI is InChI=1S/C28H29F6IN2O6/c1-3-7-16-12-18(26(40,27(29,30)31)28(32,33)34)13-19(35)22(16)41-11-6-5-10-37-23(38)25(4-2,36-24(37)39)17-8-9-20-21(14-17)43-15-42-20/h8-9,12-14,40H,3-7,10-11,15H2,1-2H3,(H,36,39). The van der Waals surface area contributed by atoms with Crippen molar-refractivity contribution in [1.82, 2.24) is 10.2 Å². The Labute approximate surface area is 256 Å². The smallest absolute Gasteiger partial charge is 0.430 e. The molecule has 2 aliphatic rings. The molecule has 0 radical (unpaired) electrons. The minimum absolute atomic E-state index is 0.0135. The van der Waals surface area contributed by atoms with E-state index in [1.54, 1.807) is 54.6 Å². The van der Waals surface area contributed by atoms with Gasteiger partial charge in [-0.1, -0.05) is 26.3 Å². The van der Waals surface area contributed by atoms with E-state index in [1.807, 2.05) is 0 Å². The van der Waals surface area contributed by atoms with E-state index in [2.05, 4.69) is 5.32 Å². The van der Waals surface area contributed by atoms with Crippen LogP contribution in [0, 0.1) is 3.57 Å². The lowest BCUT2D eigenvalue weighted by Crippen LogP contribution is -2.54. The van der Waals surface area contributed by atoms with Crippen molar-refractivity contribution in [1.29, 1.82) is 0 Å². The molecule has 2 aromatic rings. The van der Waals surface area contributed by atoms with E-state index in [4.69, 9.17) is 14.2 Å². The summed E-state index contributed by atoms with van der Waals surface area (Å²) in [6, 6.07) is 5.74. The van der Waals surface area contributed by atoms with Crippen LogP contribution in [0.2, 0.25) is 0 Å². The van der Waals surface area contributed by atoms with Gasteiger partial charge in [0.2, 0.25) is 6.79 Å². The molecule has 43 heavy (non-hydrogen) atoms. The van der Waals surface area contributed by atoms with Gasteiger partial charge in [-0.3, -0.25) is 9.69 Å². The summed E-state index contributed by atoms with van der Waals surface area (Å²) >= 11 is 1.58. The molecule has 1 atom stereocenters. The number of ether oxygens (including phenoxy) is 3. The fourth-order valence-corrected chi connectivity index (χ4v) is 5.98. The van der Waals surface area contributed by atoms with Gasteiger partial charge >= 0.3 is 18.4 Å². The second-order valence-corrected chi connectivity index (χ2v) is 11.3. The Morgan fingerprint density at radius 3 is 2.33 bits per heavy atom. The van der Waals surface area contributed by atoms with Gasteiger partial charge in [0.1, 0.15) is 11.3 Å². The van der Waals surface area contributed by atoms with Gasteiger partial charge in [0.15, 0.2) is 11.5 Å². The molecule has 0 spiro atoms. The maximum absolute atomic E-state index is 13.5. The lowest BCUT2D eigenvalue weighted by Gasteiger charge is -2.33. The minimum atomic E-state index is -6.00. The molecule has 0 aromatic heterocycles. The van der Waals surface area contributed by atoms with Crippen molar-refractivity contribution in [2.24, 2.45) is 0 Å². The van der Waals surface area contributed by atoms with E-state index in [-0.39, 0.29) is 47.7 Å². The number of hydrogen-bond acceptors (Lipinski definition) is 6. The molecule has 4 rings (SSSR count). The van der Waals surface area contributed by atoms with Crippen molar-refractivity contribution < 1.29 is 55.2 Å². The quantitative estimate of drug-likeness (QED) is 0.122. The molecule has 0 aliphatic carbocycles. The Morgan fingerprint density at radius 2 is 1.70 bits per heavy atom. The number of carbonyl (C=O) groups excluding carboxylic acids is 2. The Hall–Kier alpha value is -2.95. The van der Waals surface area contributed by atoms with Crippen LogP contribution in [0.25, 0.3) is 0 Å². The van der Waals surface area contributed by atoms with E-state index in [0.717, 1.165) is 4.90 Å². The maximum Gasteiger partial charge on any atom is 0.430 e. The average molecular weight is 730 g/mol. The molecule has 1 saturated heterocycles. The highest BCUT2D eigenvalue weighted by atomic mass is 127. The van der Waals surface area contributed by atoms with Crippen molar-refractivity contribution in [2.75, 3.05) is 19.9 Å². The first kappa shape index (κ1) is 33.0. The molecule has 0 saturated carbocycles. The Kier molecular flexibility index (Phi) is 9.36. The molecule has 8 nitrogen and oxygen atoms in total. The normalized spacial score (nSPS) is 18.8. The van der Waals surface area contributed by atoms with Crippen LogP contribution in [-0.4, -0.2) is 54.2 Å². The number of nitrogens with one attached hydrogen (secondary N) is 1. The van der Waals surface area contributed by atoms with E-state index in [0.29, 0.717) is 48.5 Å². The second kappa shape index (κ2) is 12.2. The number of aliphatic hydroxyl groups is 1. The summed E-state index contributed by atoms with van der Waals surface area (Å²) in [7, 11) is 0. The zero-order valence-electron chi connectivity index (χ0n) is 23.1. The number of nitrogens with zero attached hydrogens (tertiary/aromatic N) is 1. The summed E-state index contributed by atoms with van der Waals surface area (Å²) in [4.78, 5) is 27.3. The van der Waals surface area contributed by atoms with Gasteiger partial charge in [0.25, 0.3) is 11.5 Å². The van der Waals surface area contributed by atoms with Gasteiger partial charge in [-0.05, 0) is 83.7 Å². The first-order chi connectivity index (χ1) is 20.1. The molecule has 0 bridgehead atoms. The topological polar surface area (TPSA) is 97.3 Å². The van der Waals surface area contributed by atoms with Crippen LogP contribution in [0.5, 0.6) is 17.2 Å². The molecule has 2 aliphatic heterocycles. The number of unbranched alkanes of at least 4 members (excludes halogenated alkanes) is 1. The van der Waals surface area contributed by atoms with Crippen LogP contribution >= 0.6 is 22.6 Å². The van der Waals surface area contributed by atoms with Crippen molar-refractivity contribution in [2.45, 2.75) is 69.4 Å². The Bertz CT molecular complexity index is 1370. The van der Waals surface area contributed by atoms with E-state index < -0.39 is 41.0 Å². The molecular formula is C28H29F6IN2O6. The van der Waals surface area contributed by atoms with Crippen molar-refractivity contribution in [3.8, 4) is 17.2 Å². The summed E-state index contributed by atoms with van der Waals surface area (Å²) in [6.07, 6.45) is -10.6. The van der Waals surface area contributed by atoms with Gasteiger partial charge in [-0.2, -0.15) is 26.3 Å². The Balaban J connectivity index is 1.43. The first-order valence-electron chi connectivity index (χ1n) is 13.5. The van der Waals surface area contributed by atoms with Gasteiger partial charge < -0.3 is 24.6 Å². The third kappa shape index (κ3) is 5.93. The monoisotopic (exact) mass is 730 g/mol. The molecule has 236 valence electrons. The van der Waals surface area contributed by atoms with Crippen molar-refractivity contribution in [3.05, 3.63) is 50.6 Å². The number of halogens is 7. The summed E-state index contributed by atoms with van der Waals surface area (Å²) in [5.74, 6) is 0.679. The molecule has 1 fully saturated rings. The average Bonchev–Trinajstić information content (AvgIpc) is 3.49. The maximum atomic E-state index is 13.5. The highest BCUT2D eigenvalue weighted by Crippen LogP contribution is 2.51.